The van der Waals surface area contributed by atoms with E-state index in [0.717, 1.165) is 22.2 Å². The Labute approximate surface area is 113 Å². The second kappa shape index (κ2) is 4.55. The zero-order valence-corrected chi connectivity index (χ0v) is 11.1. The molecule has 0 aliphatic heterocycles. The Morgan fingerprint density at radius 1 is 1.11 bits per heavy atom. The molecule has 1 unspecified atom stereocenters. The lowest BCUT2D eigenvalue weighted by molar-refractivity contribution is 0.471. The van der Waals surface area contributed by atoms with E-state index in [1.807, 2.05) is 42.5 Å². The van der Waals surface area contributed by atoms with Crippen LogP contribution < -0.4 is 5.73 Å². The van der Waals surface area contributed by atoms with Gasteiger partial charge in [-0.05, 0) is 34.1 Å². The van der Waals surface area contributed by atoms with Gasteiger partial charge in [-0.2, -0.15) is 0 Å². The predicted octanol–water partition coefficient (Wildman–Crippen LogP) is 3.64. The number of fused-ring (bicyclic) bond motifs is 1. The third kappa shape index (κ3) is 1.94. The fraction of sp³-hybridized carbons (Fsp3) is 0.0714. The van der Waals surface area contributed by atoms with Gasteiger partial charge in [0.25, 0.3) is 0 Å². The first-order valence-corrected chi connectivity index (χ1v) is 6.39. The quantitative estimate of drug-likeness (QED) is 0.786. The number of para-hydroxylation sites is 1. The summed E-state index contributed by atoms with van der Waals surface area (Å²) in [6.07, 6.45) is 1.77. The molecule has 0 amide bonds. The van der Waals surface area contributed by atoms with Crippen LogP contribution in [0.3, 0.4) is 0 Å². The summed E-state index contributed by atoms with van der Waals surface area (Å²) in [5.74, 6) is 0.722. The molecule has 0 aliphatic rings. The summed E-state index contributed by atoms with van der Waals surface area (Å²) in [7, 11) is 0. The summed E-state index contributed by atoms with van der Waals surface area (Å²) >= 11 is 3.28. The zero-order chi connectivity index (χ0) is 12.5. The topological polar surface area (TPSA) is 52.0 Å². The fourth-order valence-electron chi connectivity index (χ4n) is 2.03. The number of hydrogen-bond acceptors (Lipinski definition) is 3. The van der Waals surface area contributed by atoms with Crippen LogP contribution in [0.1, 0.15) is 17.4 Å². The Morgan fingerprint density at radius 3 is 2.72 bits per heavy atom. The van der Waals surface area contributed by atoms with E-state index in [0.29, 0.717) is 4.67 Å². The molecular formula is C14H11BrN2O. The molecule has 0 spiro atoms. The molecule has 3 aromatic rings. The smallest absolute Gasteiger partial charge is 0.169 e. The van der Waals surface area contributed by atoms with Gasteiger partial charge in [0.15, 0.2) is 4.67 Å². The van der Waals surface area contributed by atoms with Crippen molar-refractivity contribution >= 4 is 26.8 Å². The van der Waals surface area contributed by atoms with Gasteiger partial charge in [0.1, 0.15) is 5.76 Å². The van der Waals surface area contributed by atoms with Crippen LogP contribution in [0.2, 0.25) is 0 Å². The van der Waals surface area contributed by atoms with Gasteiger partial charge in [-0.1, -0.05) is 24.3 Å². The van der Waals surface area contributed by atoms with Crippen LogP contribution in [0, 0.1) is 0 Å². The highest BCUT2D eigenvalue weighted by Crippen LogP contribution is 2.28. The van der Waals surface area contributed by atoms with Crippen molar-refractivity contribution in [2.75, 3.05) is 0 Å². The molecule has 2 aromatic heterocycles. The molecule has 4 heteroatoms. The number of hydrogen-bond donors (Lipinski definition) is 1. The Kier molecular flexibility index (Phi) is 2.89. The lowest BCUT2D eigenvalue weighted by atomic mass is 10.0. The van der Waals surface area contributed by atoms with Gasteiger partial charge in [0, 0.05) is 17.1 Å². The molecule has 90 valence electrons. The normalized spacial score (nSPS) is 12.8. The van der Waals surface area contributed by atoms with Gasteiger partial charge in [-0.15, -0.1) is 0 Å². The first-order chi connectivity index (χ1) is 8.75. The van der Waals surface area contributed by atoms with Crippen LogP contribution in [0.4, 0.5) is 0 Å². The van der Waals surface area contributed by atoms with Gasteiger partial charge in [0.2, 0.25) is 0 Å². The van der Waals surface area contributed by atoms with E-state index in [1.165, 1.54) is 0 Å². The van der Waals surface area contributed by atoms with E-state index in [1.54, 1.807) is 6.20 Å². The molecule has 0 fully saturated rings. The van der Waals surface area contributed by atoms with E-state index in [4.69, 9.17) is 10.2 Å². The van der Waals surface area contributed by atoms with Crippen molar-refractivity contribution in [3.8, 4) is 0 Å². The van der Waals surface area contributed by atoms with Crippen molar-refractivity contribution in [2.45, 2.75) is 6.04 Å². The van der Waals surface area contributed by atoms with Gasteiger partial charge in [-0.3, -0.25) is 4.98 Å². The minimum absolute atomic E-state index is 0.310. The van der Waals surface area contributed by atoms with E-state index < -0.39 is 0 Å². The molecule has 0 bridgehead atoms. The number of pyridine rings is 1. The predicted molar refractivity (Wildman–Crippen MR) is 74.2 cm³/mol. The molecule has 3 nitrogen and oxygen atoms in total. The van der Waals surface area contributed by atoms with E-state index in [-0.39, 0.29) is 6.04 Å². The third-order valence-electron chi connectivity index (χ3n) is 2.90. The average Bonchev–Trinajstić information content (AvgIpc) is 2.84. The van der Waals surface area contributed by atoms with Crippen LogP contribution in [0.15, 0.2) is 57.7 Å². The van der Waals surface area contributed by atoms with Crippen molar-refractivity contribution in [1.29, 1.82) is 0 Å². The fourth-order valence-corrected chi connectivity index (χ4v) is 2.35. The van der Waals surface area contributed by atoms with Crippen molar-refractivity contribution in [3.63, 3.8) is 0 Å². The largest absolute Gasteiger partial charge is 0.452 e. The van der Waals surface area contributed by atoms with E-state index >= 15 is 0 Å². The molecule has 0 aliphatic carbocycles. The molecule has 0 radical (unpaired) electrons. The van der Waals surface area contributed by atoms with Gasteiger partial charge >= 0.3 is 0 Å². The lowest BCUT2D eigenvalue weighted by Gasteiger charge is -2.11. The summed E-state index contributed by atoms with van der Waals surface area (Å²) in [6.45, 7) is 0. The van der Waals surface area contributed by atoms with Crippen molar-refractivity contribution in [1.82, 2.24) is 4.98 Å². The maximum atomic E-state index is 6.24. The molecule has 0 saturated carbocycles. The molecule has 2 N–H and O–H groups in total. The molecule has 1 aromatic carbocycles. The number of halogens is 1. The van der Waals surface area contributed by atoms with E-state index in [2.05, 4.69) is 20.9 Å². The zero-order valence-electron chi connectivity index (χ0n) is 9.51. The SMILES string of the molecule is NC(c1ccc(Br)o1)c1cccc2cccnc12. The highest BCUT2D eigenvalue weighted by Gasteiger charge is 2.15. The van der Waals surface area contributed by atoms with Crippen LogP contribution in [-0.2, 0) is 0 Å². The summed E-state index contributed by atoms with van der Waals surface area (Å²) < 4.78 is 6.19. The molecule has 18 heavy (non-hydrogen) atoms. The number of furan rings is 1. The van der Waals surface area contributed by atoms with Crippen molar-refractivity contribution < 1.29 is 4.42 Å². The number of nitrogens with two attached hydrogens (primary N) is 1. The summed E-state index contributed by atoms with van der Waals surface area (Å²) in [4.78, 5) is 4.40. The minimum atomic E-state index is -0.310. The molecule has 2 heterocycles. The number of nitrogens with zero attached hydrogens (tertiary/aromatic N) is 1. The van der Waals surface area contributed by atoms with Crippen LogP contribution in [0.25, 0.3) is 10.9 Å². The first-order valence-electron chi connectivity index (χ1n) is 5.60. The number of benzene rings is 1. The van der Waals surface area contributed by atoms with Crippen molar-refractivity contribution in [3.05, 3.63) is 64.7 Å². The second-order valence-corrected chi connectivity index (χ2v) is 4.82. The highest BCUT2D eigenvalue weighted by atomic mass is 79.9. The third-order valence-corrected chi connectivity index (χ3v) is 3.33. The number of aromatic nitrogens is 1. The maximum absolute atomic E-state index is 6.24. The lowest BCUT2D eigenvalue weighted by Crippen LogP contribution is -2.11. The Hall–Kier alpha value is -1.65. The van der Waals surface area contributed by atoms with Crippen LogP contribution >= 0.6 is 15.9 Å². The standard InChI is InChI=1S/C14H11BrN2O/c15-12-7-6-11(18-12)13(16)10-5-1-3-9-4-2-8-17-14(9)10/h1-8,13H,16H2. The summed E-state index contributed by atoms with van der Waals surface area (Å²) in [5.41, 5.74) is 8.13. The monoisotopic (exact) mass is 302 g/mol. The highest BCUT2D eigenvalue weighted by molar-refractivity contribution is 9.10. The van der Waals surface area contributed by atoms with E-state index in [9.17, 15) is 0 Å². The molecule has 3 rings (SSSR count). The molecule has 1 atom stereocenters. The minimum Gasteiger partial charge on any atom is -0.452 e. The molecular weight excluding hydrogens is 292 g/mol. The Balaban J connectivity index is 2.14. The Morgan fingerprint density at radius 2 is 1.94 bits per heavy atom. The van der Waals surface area contributed by atoms with Gasteiger partial charge in [-0.25, -0.2) is 0 Å². The summed E-state index contributed by atoms with van der Waals surface area (Å²) in [5, 5.41) is 1.08. The average molecular weight is 303 g/mol. The maximum Gasteiger partial charge on any atom is 0.169 e. The first kappa shape index (κ1) is 11.4. The van der Waals surface area contributed by atoms with Crippen LogP contribution in [-0.4, -0.2) is 4.98 Å². The number of rotatable bonds is 2. The Bertz CT molecular complexity index is 688. The molecule has 0 saturated heterocycles. The second-order valence-electron chi connectivity index (χ2n) is 4.04. The van der Waals surface area contributed by atoms with Crippen molar-refractivity contribution in [2.24, 2.45) is 5.73 Å². The van der Waals surface area contributed by atoms with Gasteiger partial charge in [0.05, 0.1) is 11.6 Å². The van der Waals surface area contributed by atoms with Gasteiger partial charge < -0.3 is 10.2 Å². The summed E-state index contributed by atoms with van der Waals surface area (Å²) in [6, 6.07) is 13.3. The van der Waals surface area contributed by atoms with Crippen LogP contribution in [0.5, 0.6) is 0 Å².